The molecule has 2 heterocycles. The molecule has 1 aromatic heterocycles. The van der Waals surface area contributed by atoms with E-state index in [1.165, 1.54) is 0 Å². The number of pyridine rings is 1. The zero-order valence-corrected chi connectivity index (χ0v) is 15.1. The van der Waals surface area contributed by atoms with Gasteiger partial charge in [-0.25, -0.2) is 0 Å². The maximum atomic E-state index is 11.8. The van der Waals surface area contributed by atoms with Crippen LogP contribution in [0.25, 0.3) is 11.1 Å². The lowest BCUT2D eigenvalue weighted by atomic mass is 9.97. The topological polar surface area (TPSA) is 71.5 Å². The summed E-state index contributed by atoms with van der Waals surface area (Å²) in [5.74, 6) is 0.828. The molecule has 0 aliphatic carbocycles. The van der Waals surface area contributed by atoms with Gasteiger partial charge in [-0.15, -0.1) is 0 Å². The third-order valence-corrected chi connectivity index (χ3v) is 4.48. The molecule has 1 aliphatic heterocycles. The molecule has 26 heavy (non-hydrogen) atoms. The number of nitrogens with one attached hydrogen (secondary N) is 1. The van der Waals surface area contributed by atoms with E-state index < -0.39 is 0 Å². The fourth-order valence-corrected chi connectivity index (χ4v) is 2.98. The second-order valence-corrected chi connectivity index (χ2v) is 6.26. The van der Waals surface area contributed by atoms with Crippen LogP contribution in [0.4, 0.5) is 5.69 Å². The molecule has 0 radical (unpaired) electrons. The second-order valence-electron chi connectivity index (χ2n) is 6.26. The third-order valence-electron chi connectivity index (χ3n) is 4.48. The Morgan fingerprint density at radius 2 is 2.08 bits per heavy atom. The number of carbonyl (C=O) groups excluding carboxylic acids is 2. The summed E-state index contributed by atoms with van der Waals surface area (Å²) < 4.78 is 5.68. The molecule has 0 unspecified atom stereocenters. The summed E-state index contributed by atoms with van der Waals surface area (Å²) >= 11 is 0. The highest BCUT2D eigenvalue weighted by atomic mass is 16.5. The van der Waals surface area contributed by atoms with Crippen molar-refractivity contribution in [3.05, 3.63) is 42.2 Å². The Balaban J connectivity index is 1.70. The number of hydrogen-bond donors (Lipinski definition) is 1. The van der Waals surface area contributed by atoms with Gasteiger partial charge in [0.05, 0.1) is 12.7 Å². The van der Waals surface area contributed by atoms with Gasteiger partial charge < -0.3 is 15.0 Å². The van der Waals surface area contributed by atoms with Crippen LogP contribution < -0.4 is 15.0 Å². The minimum atomic E-state index is 0.0120. The summed E-state index contributed by atoms with van der Waals surface area (Å²) in [7, 11) is 1.81. The molecule has 0 atom stereocenters. The Morgan fingerprint density at radius 1 is 1.23 bits per heavy atom. The number of aryl methyl sites for hydroxylation is 1. The van der Waals surface area contributed by atoms with Crippen LogP contribution in [0.5, 0.6) is 5.75 Å². The molecule has 2 aromatic rings. The third kappa shape index (κ3) is 4.02. The van der Waals surface area contributed by atoms with E-state index in [1.54, 1.807) is 17.3 Å². The minimum Gasteiger partial charge on any atom is -0.490 e. The van der Waals surface area contributed by atoms with Crippen molar-refractivity contribution in [1.82, 2.24) is 10.3 Å². The van der Waals surface area contributed by atoms with E-state index in [2.05, 4.69) is 16.4 Å². The molecule has 136 valence electrons. The quantitative estimate of drug-likeness (QED) is 0.810. The first-order valence-electron chi connectivity index (χ1n) is 8.83. The summed E-state index contributed by atoms with van der Waals surface area (Å²) in [6.07, 6.45) is 5.22. The number of anilines is 1. The zero-order chi connectivity index (χ0) is 18.5. The fraction of sp³-hybridized carbons (Fsp3) is 0.350. The molecule has 1 aromatic carbocycles. The Kier molecular flexibility index (Phi) is 5.51. The molecule has 2 amide bonds. The van der Waals surface area contributed by atoms with Gasteiger partial charge in [0, 0.05) is 37.3 Å². The van der Waals surface area contributed by atoms with Crippen molar-refractivity contribution in [2.24, 2.45) is 0 Å². The van der Waals surface area contributed by atoms with E-state index >= 15 is 0 Å². The lowest BCUT2D eigenvalue weighted by Crippen LogP contribution is -2.30. The van der Waals surface area contributed by atoms with E-state index in [9.17, 15) is 9.59 Å². The highest BCUT2D eigenvalue weighted by Crippen LogP contribution is 2.32. The van der Waals surface area contributed by atoms with Gasteiger partial charge in [-0.05, 0) is 35.7 Å². The molecule has 6 nitrogen and oxygen atoms in total. The smallest absolute Gasteiger partial charge is 0.227 e. The molecule has 0 saturated carbocycles. The number of amides is 2. The van der Waals surface area contributed by atoms with Crippen LogP contribution in [0, 0.1) is 0 Å². The summed E-state index contributed by atoms with van der Waals surface area (Å²) in [6.45, 7) is 2.68. The van der Waals surface area contributed by atoms with Gasteiger partial charge in [0.2, 0.25) is 11.8 Å². The Labute approximate surface area is 153 Å². The summed E-state index contributed by atoms with van der Waals surface area (Å²) in [4.78, 5) is 29.0. The van der Waals surface area contributed by atoms with Gasteiger partial charge in [0.15, 0.2) is 0 Å². The minimum absolute atomic E-state index is 0.0120. The number of fused-ring (bicyclic) bond motifs is 1. The van der Waals surface area contributed by atoms with E-state index in [0.717, 1.165) is 28.8 Å². The first-order chi connectivity index (χ1) is 12.6. The van der Waals surface area contributed by atoms with Gasteiger partial charge in [-0.1, -0.05) is 13.0 Å². The highest BCUT2D eigenvalue weighted by molar-refractivity contribution is 5.96. The van der Waals surface area contributed by atoms with Crippen LogP contribution in [0.3, 0.4) is 0 Å². The first kappa shape index (κ1) is 17.9. The Morgan fingerprint density at radius 3 is 2.88 bits per heavy atom. The van der Waals surface area contributed by atoms with Crippen LogP contribution in [-0.4, -0.2) is 37.0 Å². The molecule has 0 fully saturated rings. The van der Waals surface area contributed by atoms with E-state index in [0.29, 0.717) is 31.7 Å². The molecule has 3 rings (SSSR count). The van der Waals surface area contributed by atoms with Crippen molar-refractivity contribution < 1.29 is 14.3 Å². The van der Waals surface area contributed by atoms with E-state index in [4.69, 9.17) is 4.74 Å². The normalized spacial score (nSPS) is 13.3. The highest BCUT2D eigenvalue weighted by Gasteiger charge is 2.21. The molecule has 1 N–H and O–H groups in total. The number of benzene rings is 1. The number of hydrogen-bond acceptors (Lipinski definition) is 4. The maximum Gasteiger partial charge on any atom is 0.227 e. The number of ether oxygens (including phenoxy) is 1. The lowest BCUT2D eigenvalue weighted by molar-refractivity contribution is -0.121. The molecular weight excluding hydrogens is 330 g/mol. The molecular formula is C20H23N3O3. The number of nitrogens with zero attached hydrogens (tertiary/aromatic N) is 2. The van der Waals surface area contributed by atoms with Crippen LogP contribution in [0.2, 0.25) is 0 Å². The van der Waals surface area contributed by atoms with Crippen molar-refractivity contribution in [3.8, 4) is 16.9 Å². The molecule has 0 spiro atoms. The Hall–Kier alpha value is -2.89. The SMILES string of the molecule is CCC(=O)NCCOc1cncc(-c2ccc3c(c2)CCC(=O)N3C)c1. The van der Waals surface area contributed by atoms with E-state index in [1.807, 2.05) is 32.2 Å². The number of rotatable bonds is 6. The van der Waals surface area contributed by atoms with Crippen LogP contribution in [0.15, 0.2) is 36.7 Å². The fourth-order valence-electron chi connectivity index (χ4n) is 2.98. The van der Waals surface area contributed by atoms with Crippen molar-refractivity contribution in [2.45, 2.75) is 26.2 Å². The van der Waals surface area contributed by atoms with Crippen molar-refractivity contribution in [1.29, 1.82) is 0 Å². The summed E-state index contributed by atoms with van der Waals surface area (Å²) in [5.41, 5.74) is 4.14. The second kappa shape index (κ2) is 7.99. The number of aromatic nitrogens is 1. The Bertz CT molecular complexity index is 820. The van der Waals surface area contributed by atoms with Crippen LogP contribution in [-0.2, 0) is 16.0 Å². The van der Waals surface area contributed by atoms with Crippen LogP contribution in [0.1, 0.15) is 25.3 Å². The summed E-state index contributed by atoms with van der Waals surface area (Å²) in [6, 6.07) is 8.03. The molecule has 1 aliphatic rings. The average Bonchev–Trinajstić information content (AvgIpc) is 2.68. The van der Waals surface area contributed by atoms with Crippen molar-refractivity contribution in [3.63, 3.8) is 0 Å². The molecule has 0 saturated heterocycles. The van der Waals surface area contributed by atoms with Gasteiger partial charge in [-0.3, -0.25) is 14.6 Å². The monoisotopic (exact) mass is 353 g/mol. The van der Waals surface area contributed by atoms with Crippen LogP contribution >= 0.6 is 0 Å². The average molecular weight is 353 g/mol. The molecule has 6 heteroatoms. The van der Waals surface area contributed by atoms with Gasteiger partial charge in [0.25, 0.3) is 0 Å². The van der Waals surface area contributed by atoms with Gasteiger partial charge in [0.1, 0.15) is 12.4 Å². The predicted molar refractivity (Wildman–Crippen MR) is 100 cm³/mol. The largest absolute Gasteiger partial charge is 0.490 e. The van der Waals surface area contributed by atoms with Gasteiger partial charge in [-0.2, -0.15) is 0 Å². The summed E-state index contributed by atoms with van der Waals surface area (Å²) in [5, 5.41) is 2.77. The maximum absolute atomic E-state index is 11.8. The first-order valence-corrected chi connectivity index (χ1v) is 8.83. The van der Waals surface area contributed by atoms with Gasteiger partial charge >= 0.3 is 0 Å². The lowest BCUT2D eigenvalue weighted by Gasteiger charge is -2.26. The van der Waals surface area contributed by atoms with E-state index in [-0.39, 0.29) is 11.8 Å². The number of carbonyl (C=O) groups is 2. The standard InChI is InChI=1S/C20H23N3O3/c1-3-19(24)22-8-9-26-17-11-16(12-21-13-17)14-4-6-18-15(10-14)5-7-20(25)23(18)2/h4,6,10-13H,3,5,7-9H2,1-2H3,(H,22,24). The van der Waals surface area contributed by atoms with Crippen molar-refractivity contribution >= 4 is 17.5 Å². The predicted octanol–water partition coefficient (Wildman–Crippen LogP) is 2.56. The van der Waals surface area contributed by atoms with Crippen molar-refractivity contribution in [2.75, 3.05) is 25.1 Å². The zero-order valence-electron chi connectivity index (χ0n) is 15.1. The molecule has 0 bridgehead atoms.